The molecule has 0 amide bonds. The van der Waals surface area contributed by atoms with E-state index in [2.05, 4.69) is 64.7 Å². The molecule has 2 aromatic rings. The molecule has 1 aliphatic heterocycles. The third-order valence-corrected chi connectivity index (χ3v) is 13.2. The van der Waals surface area contributed by atoms with E-state index in [1.54, 1.807) is 6.92 Å². The normalized spacial score (nSPS) is 22.2. The fourth-order valence-electron chi connectivity index (χ4n) is 5.22. The lowest BCUT2D eigenvalue weighted by Gasteiger charge is -2.48. The minimum absolute atomic E-state index is 0.0108. The first kappa shape index (κ1) is 31.5. The van der Waals surface area contributed by atoms with Crippen molar-refractivity contribution in [1.82, 2.24) is 4.90 Å². The Morgan fingerprint density at radius 2 is 1.67 bits per heavy atom. The molecule has 1 fully saturated rings. The number of para-hydroxylation sites is 1. The van der Waals surface area contributed by atoms with Crippen LogP contribution >= 0.6 is 0 Å². The zero-order chi connectivity index (χ0) is 29.2. The van der Waals surface area contributed by atoms with Crippen molar-refractivity contribution < 1.29 is 23.8 Å². The van der Waals surface area contributed by atoms with Gasteiger partial charge >= 0.3 is 5.97 Å². The number of esters is 1. The maximum Gasteiger partial charge on any atom is 0.316 e. The van der Waals surface area contributed by atoms with Gasteiger partial charge in [0.15, 0.2) is 8.32 Å². The van der Waals surface area contributed by atoms with Gasteiger partial charge in [0.2, 0.25) is 0 Å². The van der Waals surface area contributed by atoms with Crippen LogP contribution in [0, 0.1) is 25.7 Å². The van der Waals surface area contributed by atoms with Gasteiger partial charge < -0.3 is 19.0 Å². The monoisotopic (exact) mass is 555 g/mol. The van der Waals surface area contributed by atoms with Crippen LogP contribution in [-0.4, -0.2) is 55.4 Å². The van der Waals surface area contributed by atoms with Gasteiger partial charge in [-0.3, -0.25) is 9.69 Å². The summed E-state index contributed by atoms with van der Waals surface area (Å²) in [6.45, 7) is 22.0. The van der Waals surface area contributed by atoms with Gasteiger partial charge in [-0.2, -0.15) is 0 Å². The zero-order valence-electron chi connectivity index (χ0n) is 25.6. The third kappa shape index (κ3) is 6.65. The smallest absolute Gasteiger partial charge is 0.316 e. The van der Waals surface area contributed by atoms with E-state index in [9.17, 15) is 9.90 Å². The minimum atomic E-state index is -2.20. The number of carbonyl (C=O) groups excluding carboxylic acids is 1. The molecular formula is C32H49NO5Si. The standard InChI is InChI=1S/C32H49NO5Si/c1-22(2)29-32(20-37-39(9,10)31(6,7)8,33(21-36-29)19-26-17-12-11-13-18-26)28(34)25(5)30(35)38-27-23(3)15-14-16-24(27)4/h11-18,22,25,28-29,34H,19-21H2,1-10H3/t25-,28+,29-,32-/m0/s1. The molecule has 0 unspecified atom stereocenters. The second-order valence-electron chi connectivity index (χ2n) is 13.1. The molecule has 1 N–H and O–H groups in total. The Labute approximate surface area is 236 Å². The van der Waals surface area contributed by atoms with Crippen molar-refractivity contribution in [2.45, 2.75) is 97.8 Å². The van der Waals surface area contributed by atoms with Gasteiger partial charge in [0.25, 0.3) is 0 Å². The summed E-state index contributed by atoms with van der Waals surface area (Å²) in [6, 6.07) is 16.0. The molecule has 0 spiro atoms. The zero-order valence-corrected chi connectivity index (χ0v) is 26.6. The number of aliphatic hydroxyl groups excluding tert-OH is 1. The average Bonchev–Trinajstić information content (AvgIpc) is 3.23. The largest absolute Gasteiger partial charge is 0.426 e. The summed E-state index contributed by atoms with van der Waals surface area (Å²) in [5.74, 6) is -0.628. The van der Waals surface area contributed by atoms with Crippen LogP contribution in [-0.2, 0) is 20.5 Å². The van der Waals surface area contributed by atoms with Gasteiger partial charge in [-0.1, -0.05) is 83.1 Å². The van der Waals surface area contributed by atoms with Crippen LogP contribution in [0.5, 0.6) is 5.75 Å². The molecule has 0 radical (unpaired) electrons. The number of rotatable bonds is 10. The fraction of sp³-hybridized carbons (Fsp3) is 0.594. The van der Waals surface area contributed by atoms with Gasteiger partial charge in [0.05, 0.1) is 30.3 Å². The molecule has 4 atom stereocenters. The SMILES string of the molecule is Cc1cccc(C)c1OC(=O)[C@@H](C)[C@@H](O)[C@@]1(CO[Si](C)(C)C(C)(C)C)[C@H](C(C)C)OCN1Cc1ccccc1. The van der Waals surface area contributed by atoms with Crippen LogP contribution in [0.1, 0.15) is 58.2 Å². The first-order valence-corrected chi connectivity index (χ1v) is 17.0. The van der Waals surface area contributed by atoms with Crippen LogP contribution in [0.3, 0.4) is 0 Å². The van der Waals surface area contributed by atoms with Crippen molar-refractivity contribution in [2.24, 2.45) is 11.8 Å². The molecule has 1 saturated heterocycles. The maximum absolute atomic E-state index is 13.6. The third-order valence-electron chi connectivity index (χ3n) is 8.75. The lowest BCUT2D eigenvalue weighted by atomic mass is 9.76. The Morgan fingerprint density at radius 3 is 2.21 bits per heavy atom. The Balaban J connectivity index is 2.04. The quantitative estimate of drug-likeness (QED) is 0.206. The lowest BCUT2D eigenvalue weighted by Crippen LogP contribution is -2.66. The van der Waals surface area contributed by atoms with Crippen LogP contribution in [0.2, 0.25) is 18.1 Å². The van der Waals surface area contributed by atoms with E-state index in [1.807, 2.05) is 50.2 Å². The number of nitrogens with zero attached hydrogens (tertiary/aromatic N) is 1. The molecule has 6 nitrogen and oxygen atoms in total. The fourth-order valence-corrected chi connectivity index (χ4v) is 6.25. The van der Waals surface area contributed by atoms with E-state index in [0.29, 0.717) is 19.0 Å². The van der Waals surface area contributed by atoms with Crippen molar-refractivity contribution >= 4 is 14.3 Å². The predicted octanol–water partition coefficient (Wildman–Crippen LogP) is 6.48. The van der Waals surface area contributed by atoms with Gasteiger partial charge in [-0.25, -0.2) is 0 Å². The van der Waals surface area contributed by atoms with Crippen LogP contribution < -0.4 is 4.74 Å². The van der Waals surface area contributed by atoms with Gasteiger partial charge in [-0.15, -0.1) is 0 Å². The molecular weight excluding hydrogens is 506 g/mol. The molecule has 0 aromatic heterocycles. The van der Waals surface area contributed by atoms with E-state index < -0.39 is 31.8 Å². The van der Waals surface area contributed by atoms with Crippen LogP contribution in [0.15, 0.2) is 48.5 Å². The second kappa shape index (κ2) is 12.2. The average molecular weight is 556 g/mol. The minimum Gasteiger partial charge on any atom is -0.426 e. The van der Waals surface area contributed by atoms with E-state index in [1.165, 1.54) is 0 Å². The molecule has 7 heteroatoms. The Kier molecular flexibility index (Phi) is 9.88. The summed E-state index contributed by atoms with van der Waals surface area (Å²) in [5, 5.41) is 12.2. The van der Waals surface area contributed by atoms with Crippen molar-refractivity contribution in [1.29, 1.82) is 0 Å². The summed E-state index contributed by atoms with van der Waals surface area (Å²) < 4.78 is 19.2. The van der Waals surface area contributed by atoms with Crippen molar-refractivity contribution in [2.75, 3.05) is 13.3 Å². The van der Waals surface area contributed by atoms with E-state index in [0.717, 1.165) is 16.7 Å². The van der Waals surface area contributed by atoms with Crippen molar-refractivity contribution in [3.8, 4) is 5.75 Å². The Hall–Kier alpha value is -2.03. The summed E-state index contributed by atoms with van der Waals surface area (Å²) in [6.07, 6.45) is -1.42. The number of aliphatic hydroxyl groups is 1. The number of carbonyl (C=O) groups is 1. The lowest BCUT2D eigenvalue weighted by molar-refractivity contribution is -0.150. The van der Waals surface area contributed by atoms with Crippen LogP contribution in [0.4, 0.5) is 0 Å². The number of hydrogen-bond acceptors (Lipinski definition) is 6. The summed E-state index contributed by atoms with van der Waals surface area (Å²) in [5.41, 5.74) is 1.94. The molecule has 216 valence electrons. The van der Waals surface area contributed by atoms with Gasteiger partial charge in [0, 0.05) is 6.54 Å². The highest BCUT2D eigenvalue weighted by Gasteiger charge is 2.59. The van der Waals surface area contributed by atoms with Crippen molar-refractivity contribution in [3.05, 3.63) is 65.2 Å². The van der Waals surface area contributed by atoms with Gasteiger partial charge in [-0.05, 0) is 61.5 Å². The summed E-state index contributed by atoms with van der Waals surface area (Å²) in [4.78, 5) is 15.8. The predicted molar refractivity (Wildman–Crippen MR) is 159 cm³/mol. The second-order valence-corrected chi connectivity index (χ2v) is 17.9. The van der Waals surface area contributed by atoms with E-state index >= 15 is 0 Å². The van der Waals surface area contributed by atoms with Crippen molar-refractivity contribution in [3.63, 3.8) is 0 Å². The Morgan fingerprint density at radius 1 is 1.08 bits per heavy atom. The highest BCUT2D eigenvalue weighted by Crippen LogP contribution is 2.43. The molecule has 3 rings (SSSR count). The van der Waals surface area contributed by atoms with E-state index in [4.69, 9.17) is 13.9 Å². The molecule has 39 heavy (non-hydrogen) atoms. The van der Waals surface area contributed by atoms with E-state index in [-0.39, 0.29) is 23.7 Å². The molecule has 1 aliphatic rings. The molecule has 2 aromatic carbocycles. The number of aryl methyl sites for hydroxylation is 2. The summed E-state index contributed by atoms with van der Waals surface area (Å²) in [7, 11) is -2.20. The maximum atomic E-state index is 13.6. The van der Waals surface area contributed by atoms with Crippen LogP contribution in [0.25, 0.3) is 0 Å². The first-order chi connectivity index (χ1) is 18.1. The molecule has 0 saturated carbocycles. The number of benzene rings is 2. The molecule has 1 heterocycles. The topological polar surface area (TPSA) is 68.2 Å². The number of hydrogen-bond donors (Lipinski definition) is 1. The highest BCUT2D eigenvalue weighted by molar-refractivity contribution is 6.74. The highest BCUT2D eigenvalue weighted by atomic mass is 28.4. The van der Waals surface area contributed by atoms with Gasteiger partial charge in [0.1, 0.15) is 12.5 Å². The number of ether oxygens (including phenoxy) is 2. The molecule has 0 aliphatic carbocycles. The first-order valence-electron chi connectivity index (χ1n) is 14.1. The Bertz CT molecular complexity index is 1090. The summed E-state index contributed by atoms with van der Waals surface area (Å²) >= 11 is 0. The molecule has 0 bridgehead atoms.